The van der Waals surface area contributed by atoms with E-state index in [0.29, 0.717) is 6.42 Å². The Morgan fingerprint density at radius 1 is 1.44 bits per heavy atom. The maximum atomic E-state index is 11.9. The predicted octanol–water partition coefficient (Wildman–Crippen LogP) is 2.01. The zero-order valence-electron chi connectivity index (χ0n) is 10.1. The summed E-state index contributed by atoms with van der Waals surface area (Å²) in [5, 5.41) is 12.1. The first kappa shape index (κ1) is 13.2. The summed E-state index contributed by atoms with van der Waals surface area (Å²) < 4.78 is 0. The lowest BCUT2D eigenvalue weighted by atomic mass is 9.88. The van der Waals surface area contributed by atoms with Crippen molar-refractivity contribution in [3.63, 3.8) is 0 Å². The number of hydrogen-bond acceptors (Lipinski definition) is 2. The normalized spacial score (nSPS) is 19.9. The summed E-state index contributed by atoms with van der Waals surface area (Å²) in [6.45, 7) is 1.96. The van der Waals surface area contributed by atoms with Gasteiger partial charge < -0.3 is 10.4 Å². The molecule has 0 aromatic rings. The third kappa shape index (κ3) is 4.35. The number of allylic oxidation sites excluding steroid dienone is 1. The first-order chi connectivity index (χ1) is 7.77. The average Bonchev–Trinajstić information content (AvgIpc) is 2.35. The molecule has 16 heavy (non-hydrogen) atoms. The largest absolute Gasteiger partial charge is 0.394 e. The topological polar surface area (TPSA) is 49.3 Å². The van der Waals surface area contributed by atoms with Crippen LogP contribution in [0, 0.1) is 5.92 Å². The van der Waals surface area contributed by atoms with Gasteiger partial charge in [0.1, 0.15) is 0 Å². The summed E-state index contributed by atoms with van der Waals surface area (Å²) >= 11 is 0. The second kappa shape index (κ2) is 7.44. The number of carbonyl (C=O) groups is 1. The van der Waals surface area contributed by atoms with Crippen molar-refractivity contribution in [3.05, 3.63) is 12.2 Å². The van der Waals surface area contributed by atoms with Gasteiger partial charge in [0.15, 0.2) is 0 Å². The highest BCUT2D eigenvalue weighted by atomic mass is 16.3. The van der Waals surface area contributed by atoms with Crippen LogP contribution >= 0.6 is 0 Å². The van der Waals surface area contributed by atoms with Crippen molar-refractivity contribution in [2.45, 2.75) is 51.5 Å². The second-order valence-corrected chi connectivity index (χ2v) is 4.53. The van der Waals surface area contributed by atoms with Crippen LogP contribution in [0.1, 0.15) is 45.4 Å². The fraction of sp³-hybridized carbons (Fsp3) is 0.769. The number of aliphatic hydroxyl groups excluding tert-OH is 1. The van der Waals surface area contributed by atoms with Gasteiger partial charge in [0.25, 0.3) is 0 Å². The van der Waals surface area contributed by atoms with Crippen molar-refractivity contribution in [1.82, 2.24) is 5.32 Å². The smallest absolute Gasteiger partial charge is 0.223 e. The van der Waals surface area contributed by atoms with E-state index in [1.807, 2.05) is 19.1 Å². The van der Waals surface area contributed by atoms with Gasteiger partial charge in [0.05, 0.1) is 12.6 Å². The monoisotopic (exact) mass is 225 g/mol. The van der Waals surface area contributed by atoms with Crippen LogP contribution in [0.3, 0.4) is 0 Å². The molecule has 1 rings (SSSR count). The molecule has 3 nitrogen and oxygen atoms in total. The van der Waals surface area contributed by atoms with Gasteiger partial charge in [-0.3, -0.25) is 4.79 Å². The molecular weight excluding hydrogens is 202 g/mol. The quantitative estimate of drug-likeness (QED) is 0.703. The van der Waals surface area contributed by atoms with E-state index in [4.69, 9.17) is 5.11 Å². The van der Waals surface area contributed by atoms with Crippen LogP contribution in [0.2, 0.25) is 0 Å². The van der Waals surface area contributed by atoms with Crippen molar-refractivity contribution in [1.29, 1.82) is 0 Å². The van der Waals surface area contributed by atoms with Crippen molar-refractivity contribution < 1.29 is 9.90 Å². The number of carbonyl (C=O) groups excluding carboxylic acids is 1. The van der Waals surface area contributed by atoms with Gasteiger partial charge >= 0.3 is 0 Å². The molecule has 0 bridgehead atoms. The summed E-state index contributed by atoms with van der Waals surface area (Å²) in [5.41, 5.74) is 0. The molecule has 1 fully saturated rings. The van der Waals surface area contributed by atoms with Gasteiger partial charge in [-0.2, -0.15) is 0 Å². The van der Waals surface area contributed by atoms with E-state index >= 15 is 0 Å². The van der Waals surface area contributed by atoms with Crippen LogP contribution in [-0.4, -0.2) is 23.7 Å². The number of nitrogens with one attached hydrogen (secondary N) is 1. The van der Waals surface area contributed by atoms with Gasteiger partial charge in [0.2, 0.25) is 5.91 Å². The van der Waals surface area contributed by atoms with E-state index in [-0.39, 0.29) is 24.5 Å². The number of aliphatic hydroxyl groups is 1. The number of amides is 1. The van der Waals surface area contributed by atoms with Gasteiger partial charge in [0, 0.05) is 5.92 Å². The molecule has 1 amide bonds. The SMILES string of the molecule is CC=CCC(CO)NC(=O)C1CCCCC1. The Labute approximate surface area is 97.9 Å². The summed E-state index contributed by atoms with van der Waals surface area (Å²) in [6.07, 6.45) is 10.2. The van der Waals surface area contributed by atoms with Crippen LogP contribution in [-0.2, 0) is 4.79 Å². The molecular formula is C13H23NO2. The highest BCUT2D eigenvalue weighted by Crippen LogP contribution is 2.23. The third-order valence-electron chi connectivity index (χ3n) is 3.20. The molecule has 1 atom stereocenters. The standard InChI is InChI=1S/C13H23NO2/c1-2-3-9-12(10-15)14-13(16)11-7-5-4-6-8-11/h2-3,11-12,15H,4-10H2,1H3,(H,14,16). The summed E-state index contributed by atoms with van der Waals surface area (Å²) in [4.78, 5) is 11.9. The Morgan fingerprint density at radius 3 is 2.69 bits per heavy atom. The van der Waals surface area contributed by atoms with E-state index in [0.717, 1.165) is 25.7 Å². The lowest BCUT2D eigenvalue weighted by Crippen LogP contribution is -2.41. The Kier molecular flexibility index (Phi) is 6.16. The predicted molar refractivity (Wildman–Crippen MR) is 65.0 cm³/mol. The van der Waals surface area contributed by atoms with E-state index in [9.17, 15) is 4.79 Å². The Balaban J connectivity index is 2.34. The van der Waals surface area contributed by atoms with E-state index in [1.54, 1.807) is 0 Å². The van der Waals surface area contributed by atoms with Crippen molar-refractivity contribution in [2.24, 2.45) is 5.92 Å². The molecule has 1 aliphatic carbocycles. The summed E-state index contributed by atoms with van der Waals surface area (Å²) in [6, 6.07) is -0.120. The minimum absolute atomic E-state index is 0.0167. The zero-order chi connectivity index (χ0) is 11.8. The van der Waals surface area contributed by atoms with Crippen LogP contribution in [0.4, 0.5) is 0 Å². The molecule has 0 aromatic carbocycles. The Bertz CT molecular complexity index is 232. The molecule has 2 N–H and O–H groups in total. The molecule has 1 aliphatic rings. The van der Waals surface area contributed by atoms with Crippen molar-refractivity contribution >= 4 is 5.91 Å². The maximum Gasteiger partial charge on any atom is 0.223 e. The molecule has 1 saturated carbocycles. The first-order valence-electron chi connectivity index (χ1n) is 6.30. The molecule has 0 spiro atoms. The fourth-order valence-electron chi connectivity index (χ4n) is 2.16. The molecule has 0 radical (unpaired) electrons. The highest BCUT2D eigenvalue weighted by Gasteiger charge is 2.22. The molecule has 0 saturated heterocycles. The fourth-order valence-corrected chi connectivity index (χ4v) is 2.16. The molecule has 0 heterocycles. The van der Waals surface area contributed by atoms with Crippen LogP contribution < -0.4 is 5.32 Å². The van der Waals surface area contributed by atoms with Crippen LogP contribution in [0.25, 0.3) is 0 Å². The van der Waals surface area contributed by atoms with Crippen molar-refractivity contribution in [2.75, 3.05) is 6.61 Å². The number of hydrogen-bond donors (Lipinski definition) is 2. The first-order valence-corrected chi connectivity index (χ1v) is 6.30. The number of rotatable bonds is 5. The van der Waals surface area contributed by atoms with Crippen LogP contribution in [0.5, 0.6) is 0 Å². The molecule has 92 valence electrons. The highest BCUT2D eigenvalue weighted by molar-refractivity contribution is 5.79. The van der Waals surface area contributed by atoms with Crippen molar-refractivity contribution in [3.8, 4) is 0 Å². The average molecular weight is 225 g/mol. The van der Waals surface area contributed by atoms with E-state index < -0.39 is 0 Å². The summed E-state index contributed by atoms with van der Waals surface area (Å²) in [5.74, 6) is 0.302. The Morgan fingerprint density at radius 2 is 2.12 bits per heavy atom. The zero-order valence-corrected chi connectivity index (χ0v) is 10.1. The third-order valence-corrected chi connectivity index (χ3v) is 3.20. The molecule has 0 aromatic heterocycles. The minimum atomic E-state index is -0.120. The van der Waals surface area contributed by atoms with Gasteiger partial charge in [-0.15, -0.1) is 0 Å². The second-order valence-electron chi connectivity index (χ2n) is 4.53. The summed E-state index contributed by atoms with van der Waals surface area (Å²) in [7, 11) is 0. The van der Waals surface area contributed by atoms with Gasteiger partial charge in [-0.1, -0.05) is 31.4 Å². The molecule has 1 unspecified atom stereocenters. The maximum absolute atomic E-state index is 11.9. The van der Waals surface area contributed by atoms with E-state index in [1.165, 1.54) is 6.42 Å². The van der Waals surface area contributed by atoms with Gasteiger partial charge in [-0.05, 0) is 26.2 Å². The van der Waals surface area contributed by atoms with Gasteiger partial charge in [-0.25, -0.2) is 0 Å². The van der Waals surface area contributed by atoms with Crippen LogP contribution in [0.15, 0.2) is 12.2 Å². The lowest BCUT2D eigenvalue weighted by Gasteiger charge is -2.23. The Hall–Kier alpha value is -0.830. The molecule has 0 aliphatic heterocycles. The van der Waals surface area contributed by atoms with E-state index in [2.05, 4.69) is 5.32 Å². The minimum Gasteiger partial charge on any atom is -0.394 e. The molecule has 3 heteroatoms. The lowest BCUT2D eigenvalue weighted by molar-refractivity contribution is -0.126.